The molecule has 2 aromatic rings. The molecule has 3 N–H and O–H groups in total. The van der Waals surface area contributed by atoms with E-state index in [-0.39, 0.29) is 12.0 Å². The summed E-state index contributed by atoms with van der Waals surface area (Å²) >= 11 is 7.45. The highest BCUT2D eigenvalue weighted by atomic mass is 35.5. The molecule has 1 unspecified atom stereocenters. The van der Waals surface area contributed by atoms with Crippen molar-refractivity contribution >= 4 is 44.6 Å². The first-order chi connectivity index (χ1) is 9.04. The van der Waals surface area contributed by atoms with Crippen LogP contribution in [0.15, 0.2) is 18.2 Å². The summed E-state index contributed by atoms with van der Waals surface area (Å²) in [6.45, 7) is 2.32. The fraction of sp³-hybridized carbons (Fsp3) is 0.308. The molecule has 0 saturated heterocycles. The molecular formula is C13H15ClN2O2S. The van der Waals surface area contributed by atoms with Crippen molar-refractivity contribution < 1.29 is 9.53 Å². The van der Waals surface area contributed by atoms with Gasteiger partial charge in [0, 0.05) is 23.7 Å². The van der Waals surface area contributed by atoms with Crippen molar-refractivity contribution in [1.82, 2.24) is 5.32 Å². The lowest BCUT2D eigenvalue weighted by Crippen LogP contribution is -2.31. The molecule has 1 aromatic carbocycles. The fourth-order valence-electron chi connectivity index (χ4n) is 1.70. The number of rotatable bonds is 4. The van der Waals surface area contributed by atoms with E-state index in [2.05, 4.69) is 5.32 Å². The lowest BCUT2D eigenvalue weighted by Gasteiger charge is -2.10. The second-order valence-corrected chi connectivity index (χ2v) is 5.67. The van der Waals surface area contributed by atoms with E-state index in [1.807, 2.05) is 19.1 Å². The number of carbonyl (C=O) groups excluding carboxylic acids is 1. The van der Waals surface area contributed by atoms with Crippen LogP contribution in [0.25, 0.3) is 10.1 Å². The number of benzene rings is 1. The summed E-state index contributed by atoms with van der Waals surface area (Å²) in [5, 5.41) is 4.11. The van der Waals surface area contributed by atoms with Crippen LogP contribution in [0.2, 0.25) is 5.02 Å². The van der Waals surface area contributed by atoms with Gasteiger partial charge in [0.15, 0.2) is 0 Å². The Morgan fingerprint density at radius 3 is 2.95 bits per heavy atom. The van der Waals surface area contributed by atoms with Gasteiger partial charge in [-0.3, -0.25) is 4.79 Å². The Balaban J connectivity index is 2.28. The highest BCUT2D eigenvalue weighted by Gasteiger charge is 2.18. The summed E-state index contributed by atoms with van der Waals surface area (Å²) < 4.78 is 5.99. The topological polar surface area (TPSA) is 64.3 Å². The van der Waals surface area contributed by atoms with Crippen molar-refractivity contribution in [2.24, 2.45) is 0 Å². The predicted octanol–water partition coefficient (Wildman–Crippen LogP) is 2.90. The van der Waals surface area contributed by atoms with E-state index in [1.165, 1.54) is 11.3 Å². The standard InChI is InChI=1S/C13H15ClN2O2S/c1-7(18-2)6-16-13(17)12-11(15)10-8(14)4-3-5-9(10)19-12/h3-5,7H,6,15H2,1-2H3,(H,16,17). The Hall–Kier alpha value is -1.30. The van der Waals surface area contributed by atoms with E-state index >= 15 is 0 Å². The third-order valence-corrected chi connectivity index (χ3v) is 4.34. The van der Waals surface area contributed by atoms with Crippen LogP contribution in [0, 0.1) is 0 Å². The molecule has 1 amide bonds. The highest BCUT2D eigenvalue weighted by molar-refractivity contribution is 7.21. The molecule has 0 aliphatic heterocycles. The SMILES string of the molecule is COC(C)CNC(=O)c1sc2cccc(Cl)c2c1N. The van der Waals surface area contributed by atoms with Crippen LogP contribution >= 0.6 is 22.9 Å². The first kappa shape index (κ1) is 14.1. The van der Waals surface area contributed by atoms with Gasteiger partial charge in [0.25, 0.3) is 5.91 Å². The van der Waals surface area contributed by atoms with Crippen molar-refractivity contribution in [2.75, 3.05) is 19.4 Å². The molecule has 0 radical (unpaired) electrons. The Morgan fingerprint density at radius 2 is 2.32 bits per heavy atom. The Labute approximate surface area is 120 Å². The van der Waals surface area contributed by atoms with Gasteiger partial charge in [-0.1, -0.05) is 17.7 Å². The largest absolute Gasteiger partial charge is 0.397 e. The number of halogens is 1. The van der Waals surface area contributed by atoms with Gasteiger partial charge >= 0.3 is 0 Å². The Morgan fingerprint density at radius 1 is 1.58 bits per heavy atom. The number of methoxy groups -OCH3 is 1. The number of amides is 1. The maximum Gasteiger partial charge on any atom is 0.263 e. The van der Waals surface area contributed by atoms with Gasteiger partial charge in [0.1, 0.15) is 4.88 Å². The summed E-state index contributed by atoms with van der Waals surface area (Å²) in [6.07, 6.45) is -0.0388. The van der Waals surface area contributed by atoms with E-state index in [1.54, 1.807) is 13.2 Å². The fourth-order valence-corrected chi connectivity index (χ4v) is 3.10. The molecular weight excluding hydrogens is 284 g/mol. The minimum Gasteiger partial charge on any atom is -0.397 e. The van der Waals surface area contributed by atoms with E-state index in [0.29, 0.717) is 22.1 Å². The maximum absolute atomic E-state index is 12.1. The molecule has 0 aliphatic carbocycles. The molecule has 4 nitrogen and oxygen atoms in total. The number of thiophene rings is 1. The number of nitrogens with one attached hydrogen (secondary N) is 1. The molecule has 1 atom stereocenters. The number of nitrogen functional groups attached to an aromatic ring is 1. The smallest absolute Gasteiger partial charge is 0.263 e. The molecule has 102 valence electrons. The van der Waals surface area contributed by atoms with Crippen molar-refractivity contribution in [2.45, 2.75) is 13.0 Å². The number of ether oxygens (including phenoxy) is 1. The van der Waals surface area contributed by atoms with Gasteiger partial charge in [0.2, 0.25) is 0 Å². The molecule has 0 bridgehead atoms. The number of hydrogen-bond acceptors (Lipinski definition) is 4. The van der Waals surface area contributed by atoms with Crippen LogP contribution in [0.1, 0.15) is 16.6 Å². The lowest BCUT2D eigenvalue weighted by atomic mass is 10.2. The van der Waals surface area contributed by atoms with E-state index in [9.17, 15) is 4.79 Å². The molecule has 0 fully saturated rings. The average Bonchev–Trinajstić information content (AvgIpc) is 2.74. The summed E-state index contributed by atoms with van der Waals surface area (Å²) in [5.74, 6) is -0.196. The van der Waals surface area contributed by atoms with E-state index < -0.39 is 0 Å². The van der Waals surface area contributed by atoms with Gasteiger partial charge in [0.05, 0.1) is 16.8 Å². The molecule has 6 heteroatoms. The molecule has 1 heterocycles. The van der Waals surface area contributed by atoms with E-state index in [0.717, 1.165) is 10.1 Å². The quantitative estimate of drug-likeness (QED) is 0.912. The van der Waals surface area contributed by atoms with Gasteiger partial charge < -0.3 is 15.8 Å². The summed E-state index contributed by atoms with van der Waals surface area (Å²) in [6, 6.07) is 5.51. The zero-order valence-corrected chi connectivity index (χ0v) is 12.3. The second kappa shape index (κ2) is 5.77. The highest BCUT2D eigenvalue weighted by Crippen LogP contribution is 2.37. The first-order valence-electron chi connectivity index (χ1n) is 5.82. The summed E-state index contributed by atoms with van der Waals surface area (Å²) in [5.41, 5.74) is 6.45. The zero-order valence-electron chi connectivity index (χ0n) is 10.7. The Bertz CT molecular complexity index is 612. The monoisotopic (exact) mass is 298 g/mol. The summed E-state index contributed by atoms with van der Waals surface area (Å²) in [4.78, 5) is 12.6. The number of hydrogen-bond donors (Lipinski definition) is 2. The van der Waals surface area contributed by atoms with E-state index in [4.69, 9.17) is 22.1 Å². The normalized spacial score (nSPS) is 12.6. The van der Waals surface area contributed by atoms with Crippen molar-refractivity contribution in [1.29, 1.82) is 0 Å². The van der Waals surface area contributed by atoms with Crippen LogP contribution in [-0.4, -0.2) is 25.7 Å². The zero-order chi connectivity index (χ0) is 14.0. The van der Waals surface area contributed by atoms with Gasteiger partial charge in [-0.25, -0.2) is 0 Å². The molecule has 0 spiro atoms. The number of nitrogens with two attached hydrogens (primary N) is 1. The van der Waals surface area contributed by atoms with Crippen molar-refractivity contribution in [3.63, 3.8) is 0 Å². The number of carbonyl (C=O) groups is 1. The molecule has 0 aliphatic rings. The van der Waals surface area contributed by atoms with Gasteiger partial charge in [-0.05, 0) is 19.1 Å². The molecule has 1 aromatic heterocycles. The summed E-state index contributed by atoms with van der Waals surface area (Å²) in [7, 11) is 1.60. The van der Waals surface area contributed by atoms with Crippen molar-refractivity contribution in [3.05, 3.63) is 28.1 Å². The Kier molecular flexibility index (Phi) is 4.29. The predicted molar refractivity (Wildman–Crippen MR) is 80.1 cm³/mol. The third kappa shape index (κ3) is 2.83. The molecule has 0 saturated carbocycles. The van der Waals surface area contributed by atoms with Crippen LogP contribution in [-0.2, 0) is 4.74 Å². The van der Waals surface area contributed by atoms with Crippen LogP contribution in [0.3, 0.4) is 0 Å². The second-order valence-electron chi connectivity index (χ2n) is 4.21. The lowest BCUT2D eigenvalue weighted by molar-refractivity contribution is 0.0874. The average molecular weight is 299 g/mol. The van der Waals surface area contributed by atoms with Gasteiger partial charge in [-0.2, -0.15) is 0 Å². The third-order valence-electron chi connectivity index (χ3n) is 2.86. The first-order valence-corrected chi connectivity index (χ1v) is 7.01. The minimum atomic E-state index is -0.196. The van der Waals surface area contributed by atoms with Crippen LogP contribution in [0.4, 0.5) is 5.69 Å². The number of fused-ring (bicyclic) bond motifs is 1. The van der Waals surface area contributed by atoms with Crippen LogP contribution < -0.4 is 11.1 Å². The van der Waals surface area contributed by atoms with Crippen molar-refractivity contribution in [3.8, 4) is 0 Å². The maximum atomic E-state index is 12.1. The van der Waals surface area contributed by atoms with Crippen LogP contribution in [0.5, 0.6) is 0 Å². The van der Waals surface area contributed by atoms with Gasteiger partial charge in [-0.15, -0.1) is 11.3 Å². The number of anilines is 1. The minimum absolute atomic E-state index is 0.0388. The molecule has 19 heavy (non-hydrogen) atoms. The molecule has 2 rings (SSSR count).